The van der Waals surface area contributed by atoms with Crippen molar-refractivity contribution in [2.45, 2.75) is 65.7 Å². The van der Waals surface area contributed by atoms with Gasteiger partial charge in [0.05, 0.1) is 13.2 Å². The van der Waals surface area contributed by atoms with E-state index in [4.69, 9.17) is 4.74 Å². The summed E-state index contributed by atoms with van der Waals surface area (Å²) in [6, 6.07) is 0. The fraction of sp³-hybridized carbons (Fsp3) is 0.941. The van der Waals surface area contributed by atoms with Gasteiger partial charge in [-0.3, -0.25) is 9.69 Å². The molecule has 0 aromatic heterocycles. The minimum atomic E-state index is -0.0405. The van der Waals surface area contributed by atoms with Crippen molar-refractivity contribution in [2.75, 3.05) is 26.2 Å². The number of piperidine rings is 1. The predicted octanol–water partition coefficient (Wildman–Crippen LogP) is 3.87. The van der Waals surface area contributed by atoms with Crippen LogP contribution in [0.5, 0.6) is 0 Å². The van der Waals surface area contributed by atoms with Gasteiger partial charge >= 0.3 is 5.97 Å². The number of likely N-dealkylation sites (tertiary alicyclic amines) is 1. The molecule has 1 heterocycles. The Hall–Kier alpha value is -0.570. The van der Waals surface area contributed by atoms with Crippen LogP contribution in [0.1, 0.15) is 65.7 Å². The van der Waals surface area contributed by atoms with E-state index in [0.29, 0.717) is 19.1 Å². The zero-order valence-electron chi connectivity index (χ0n) is 13.7. The van der Waals surface area contributed by atoms with Crippen molar-refractivity contribution in [1.82, 2.24) is 4.90 Å². The number of hydrogen-bond acceptors (Lipinski definition) is 3. The number of carbonyl (C=O) groups excluding carboxylic acids is 1. The number of hydrogen-bond donors (Lipinski definition) is 0. The van der Waals surface area contributed by atoms with Crippen LogP contribution in [0, 0.1) is 11.8 Å². The SMILES string of the molecule is CC(C)CCC[C@@H](C)CCOC(=O)CN1CCCCC1. The van der Waals surface area contributed by atoms with Gasteiger partial charge in [-0.15, -0.1) is 0 Å². The van der Waals surface area contributed by atoms with Crippen LogP contribution >= 0.6 is 0 Å². The molecule has 3 nitrogen and oxygen atoms in total. The van der Waals surface area contributed by atoms with Gasteiger partial charge in [0.2, 0.25) is 0 Å². The Morgan fingerprint density at radius 1 is 1.05 bits per heavy atom. The van der Waals surface area contributed by atoms with Crippen molar-refractivity contribution in [3.8, 4) is 0 Å². The first-order valence-electron chi connectivity index (χ1n) is 8.46. The molecule has 0 aromatic carbocycles. The van der Waals surface area contributed by atoms with Crippen LogP contribution in [0.4, 0.5) is 0 Å². The van der Waals surface area contributed by atoms with Crippen LogP contribution in [0.15, 0.2) is 0 Å². The average molecular weight is 283 g/mol. The molecule has 0 amide bonds. The van der Waals surface area contributed by atoms with Crippen LogP contribution in [-0.4, -0.2) is 37.1 Å². The lowest BCUT2D eigenvalue weighted by Crippen LogP contribution is -2.35. The van der Waals surface area contributed by atoms with Crippen molar-refractivity contribution in [1.29, 1.82) is 0 Å². The molecule has 0 radical (unpaired) electrons. The van der Waals surface area contributed by atoms with Crippen LogP contribution < -0.4 is 0 Å². The molecule has 0 N–H and O–H groups in total. The second kappa shape index (κ2) is 10.2. The van der Waals surface area contributed by atoms with Crippen LogP contribution in [0.25, 0.3) is 0 Å². The molecule has 118 valence electrons. The maximum absolute atomic E-state index is 11.7. The first-order valence-corrected chi connectivity index (χ1v) is 8.46. The van der Waals surface area contributed by atoms with Crippen LogP contribution in [0.2, 0.25) is 0 Å². The van der Waals surface area contributed by atoms with Crippen LogP contribution in [-0.2, 0) is 9.53 Å². The van der Waals surface area contributed by atoms with Gasteiger partial charge in [0, 0.05) is 0 Å². The van der Waals surface area contributed by atoms with E-state index < -0.39 is 0 Å². The summed E-state index contributed by atoms with van der Waals surface area (Å²) in [5.74, 6) is 1.42. The molecule has 0 aromatic rings. The molecular weight excluding hydrogens is 250 g/mol. The maximum Gasteiger partial charge on any atom is 0.320 e. The van der Waals surface area contributed by atoms with E-state index in [1.807, 2.05) is 0 Å². The monoisotopic (exact) mass is 283 g/mol. The summed E-state index contributed by atoms with van der Waals surface area (Å²) >= 11 is 0. The number of nitrogens with zero attached hydrogens (tertiary/aromatic N) is 1. The fourth-order valence-corrected chi connectivity index (χ4v) is 2.74. The van der Waals surface area contributed by atoms with Gasteiger partial charge in [0.15, 0.2) is 0 Å². The molecule has 0 bridgehead atoms. The molecule has 0 aliphatic carbocycles. The number of rotatable bonds is 9. The minimum absolute atomic E-state index is 0.0405. The van der Waals surface area contributed by atoms with E-state index >= 15 is 0 Å². The summed E-state index contributed by atoms with van der Waals surface area (Å²) < 4.78 is 5.36. The Labute approximate surface area is 125 Å². The van der Waals surface area contributed by atoms with Gasteiger partial charge in [-0.1, -0.05) is 46.5 Å². The van der Waals surface area contributed by atoms with Gasteiger partial charge in [0.25, 0.3) is 0 Å². The Morgan fingerprint density at radius 2 is 1.75 bits per heavy atom. The molecule has 1 aliphatic heterocycles. The third kappa shape index (κ3) is 8.57. The van der Waals surface area contributed by atoms with Gasteiger partial charge in [-0.2, -0.15) is 0 Å². The molecule has 1 atom stereocenters. The zero-order valence-corrected chi connectivity index (χ0v) is 13.7. The molecule has 0 saturated carbocycles. The van der Waals surface area contributed by atoms with E-state index in [2.05, 4.69) is 25.7 Å². The second-order valence-corrected chi connectivity index (χ2v) is 6.78. The molecule has 0 unspecified atom stereocenters. The van der Waals surface area contributed by atoms with E-state index in [9.17, 15) is 4.79 Å². The second-order valence-electron chi connectivity index (χ2n) is 6.78. The molecule has 1 aliphatic rings. The van der Waals surface area contributed by atoms with Gasteiger partial charge in [-0.05, 0) is 44.2 Å². The first kappa shape index (κ1) is 17.5. The Morgan fingerprint density at radius 3 is 2.40 bits per heavy atom. The lowest BCUT2D eigenvalue weighted by molar-refractivity contribution is -0.145. The fourth-order valence-electron chi connectivity index (χ4n) is 2.74. The molecule has 20 heavy (non-hydrogen) atoms. The highest BCUT2D eigenvalue weighted by Crippen LogP contribution is 2.15. The smallest absolute Gasteiger partial charge is 0.320 e. The van der Waals surface area contributed by atoms with Crippen molar-refractivity contribution in [3.63, 3.8) is 0 Å². The minimum Gasteiger partial charge on any atom is -0.465 e. The highest BCUT2D eigenvalue weighted by molar-refractivity contribution is 5.71. The van der Waals surface area contributed by atoms with Gasteiger partial charge < -0.3 is 4.74 Å². The van der Waals surface area contributed by atoms with Crippen molar-refractivity contribution < 1.29 is 9.53 Å². The molecule has 3 heteroatoms. The summed E-state index contributed by atoms with van der Waals surface area (Å²) in [5.41, 5.74) is 0. The van der Waals surface area contributed by atoms with Crippen LogP contribution in [0.3, 0.4) is 0 Å². The molecular formula is C17H33NO2. The number of esters is 1. The van der Waals surface area contributed by atoms with Crippen molar-refractivity contribution >= 4 is 5.97 Å². The maximum atomic E-state index is 11.7. The summed E-state index contributed by atoms with van der Waals surface area (Å²) in [7, 11) is 0. The highest BCUT2D eigenvalue weighted by atomic mass is 16.5. The number of carbonyl (C=O) groups is 1. The topological polar surface area (TPSA) is 29.5 Å². The van der Waals surface area contributed by atoms with Crippen molar-refractivity contribution in [2.24, 2.45) is 11.8 Å². The largest absolute Gasteiger partial charge is 0.465 e. The summed E-state index contributed by atoms with van der Waals surface area (Å²) in [6.07, 6.45) is 8.60. The first-order chi connectivity index (χ1) is 9.58. The van der Waals surface area contributed by atoms with Gasteiger partial charge in [-0.25, -0.2) is 0 Å². The molecule has 1 fully saturated rings. The summed E-state index contributed by atoms with van der Waals surface area (Å²) in [4.78, 5) is 14.0. The quantitative estimate of drug-likeness (QED) is 0.602. The zero-order chi connectivity index (χ0) is 14.8. The third-order valence-electron chi connectivity index (χ3n) is 4.15. The standard InChI is InChI=1S/C17H33NO2/c1-15(2)8-7-9-16(3)10-13-20-17(19)14-18-11-5-4-6-12-18/h15-16H,4-14H2,1-3H3/t16-/m1/s1. The van der Waals surface area contributed by atoms with Crippen molar-refractivity contribution in [3.05, 3.63) is 0 Å². The lowest BCUT2D eigenvalue weighted by atomic mass is 9.98. The molecule has 1 saturated heterocycles. The predicted molar refractivity (Wildman–Crippen MR) is 83.7 cm³/mol. The summed E-state index contributed by atoms with van der Waals surface area (Å²) in [5, 5.41) is 0. The normalized spacial score (nSPS) is 18.2. The summed E-state index contributed by atoms with van der Waals surface area (Å²) in [6.45, 7) is 10.00. The molecule has 0 spiro atoms. The molecule has 1 rings (SSSR count). The lowest BCUT2D eigenvalue weighted by Gasteiger charge is -2.25. The third-order valence-corrected chi connectivity index (χ3v) is 4.15. The van der Waals surface area contributed by atoms with Gasteiger partial charge in [0.1, 0.15) is 0 Å². The highest BCUT2D eigenvalue weighted by Gasteiger charge is 2.14. The van der Waals surface area contributed by atoms with E-state index in [0.717, 1.165) is 25.4 Å². The van der Waals surface area contributed by atoms with E-state index in [1.54, 1.807) is 0 Å². The van der Waals surface area contributed by atoms with E-state index in [-0.39, 0.29) is 5.97 Å². The Kier molecular flexibility index (Phi) is 8.92. The van der Waals surface area contributed by atoms with E-state index in [1.165, 1.54) is 38.5 Å². The number of ether oxygens (including phenoxy) is 1. The Balaban J connectivity index is 2.00. The average Bonchev–Trinajstić information content (AvgIpc) is 2.39. The Bertz CT molecular complexity index is 260.